The number of phenolic OH excluding ortho intramolecular Hbond substituents is 1. The molecule has 1 aliphatic rings. The summed E-state index contributed by atoms with van der Waals surface area (Å²) in [6.07, 6.45) is 0. The maximum absolute atomic E-state index is 14.1. The molecule has 0 fully saturated rings. The predicted octanol–water partition coefficient (Wildman–Crippen LogP) is 6.81. The first-order chi connectivity index (χ1) is 15.9. The van der Waals surface area contributed by atoms with Gasteiger partial charge in [0, 0.05) is 16.3 Å². The lowest BCUT2D eigenvalue weighted by Crippen LogP contribution is -2.45. The number of carbonyl (C=O) groups is 2. The molecule has 0 aliphatic carbocycles. The van der Waals surface area contributed by atoms with Crippen LogP contribution in [-0.4, -0.2) is 22.1 Å². The highest BCUT2D eigenvalue weighted by molar-refractivity contribution is 9.10. The molecular formula is C26H22BrClFNO4. The monoisotopic (exact) mass is 545 g/mol. The molecule has 1 amide bonds. The van der Waals surface area contributed by atoms with Crippen LogP contribution in [0.25, 0.3) is 0 Å². The minimum Gasteiger partial charge on any atom is -0.507 e. The van der Waals surface area contributed by atoms with Crippen LogP contribution in [-0.2, 0) is 10.2 Å². The molecule has 0 saturated carbocycles. The van der Waals surface area contributed by atoms with E-state index in [9.17, 15) is 24.2 Å². The number of carboxylic acids is 1. The quantitative estimate of drug-likeness (QED) is 0.378. The molecule has 1 aliphatic heterocycles. The molecule has 0 saturated heterocycles. The zero-order valence-corrected chi connectivity index (χ0v) is 21.0. The van der Waals surface area contributed by atoms with Crippen LogP contribution in [0.2, 0.25) is 5.02 Å². The van der Waals surface area contributed by atoms with Crippen molar-refractivity contribution in [3.05, 3.63) is 92.2 Å². The summed E-state index contributed by atoms with van der Waals surface area (Å²) in [5.74, 6) is -3.56. The predicted molar refractivity (Wildman–Crippen MR) is 132 cm³/mol. The van der Waals surface area contributed by atoms with Crippen LogP contribution >= 0.6 is 27.5 Å². The van der Waals surface area contributed by atoms with E-state index in [4.69, 9.17) is 11.6 Å². The molecule has 2 atom stereocenters. The van der Waals surface area contributed by atoms with Gasteiger partial charge in [0.2, 0.25) is 0 Å². The number of rotatable bonds is 3. The van der Waals surface area contributed by atoms with Crippen molar-refractivity contribution in [3.8, 4) is 5.75 Å². The average molecular weight is 547 g/mol. The second kappa shape index (κ2) is 8.71. The molecule has 4 rings (SSSR count). The normalized spacial score (nSPS) is 18.1. The number of nitrogens with zero attached hydrogens (tertiary/aromatic N) is 1. The molecule has 0 radical (unpaired) electrons. The molecule has 5 nitrogen and oxygen atoms in total. The number of halogens is 3. The lowest BCUT2D eigenvalue weighted by atomic mass is 9.79. The average Bonchev–Trinajstić information content (AvgIpc) is 2.74. The summed E-state index contributed by atoms with van der Waals surface area (Å²) in [6.45, 7) is 6.03. The van der Waals surface area contributed by atoms with Crippen LogP contribution < -0.4 is 4.90 Å². The number of hydrogen-bond donors (Lipinski definition) is 2. The molecule has 8 heteroatoms. The van der Waals surface area contributed by atoms with E-state index in [1.807, 2.05) is 26.8 Å². The van der Waals surface area contributed by atoms with E-state index < -0.39 is 29.7 Å². The van der Waals surface area contributed by atoms with Gasteiger partial charge in [0.1, 0.15) is 17.5 Å². The van der Waals surface area contributed by atoms with Crippen LogP contribution in [0.4, 0.5) is 10.1 Å². The van der Waals surface area contributed by atoms with Crippen molar-refractivity contribution in [2.45, 2.75) is 38.1 Å². The summed E-state index contributed by atoms with van der Waals surface area (Å²) < 4.78 is 14.5. The molecule has 34 heavy (non-hydrogen) atoms. The number of amides is 1. The highest BCUT2D eigenvalue weighted by Gasteiger charge is 2.45. The number of carboxylic acid groups (broad SMARTS) is 1. The molecule has 3 aromatic rings. The summed E-state index contributed by atoms with van der Waals surface area (Å²) in [4.78, 5) is 27.6. The Hall–Kier alpha value is -2.90. The van der Waals surface area contributed by atoms with Crippen molar-refractivity contribution >= 4 is 45.1 Å². The van der Waals surface area contributed by atoms with Crippen molar-refractivity contribution in [2.75, 3.05) is 4.90 Å². The van der Waals surface area contributed by atoms with E-state index in [0.717, 1.165) is 17.7 Å². The van der Waals surface area contributed by atoms with Gasteiger partial charge in [-0.25, -0.2) is 4.39 Å². The largest absolute Gasteiger partial charge is 0.507 e. The number of carbonyl (C=O) groups excluding carboxylic acids is 1. The number of anilines is 1. The van der Waals surface area contributed by atoms with Crippen molar-refractivity contribution in [1.82, 2.24) is 0 Å². The summed E-state index contributed by atoms with van der Waals surface area (Å²) in [5, 5.41) is 20.7. The third-order valence-corrected chi connectivity index (χ3v) is 6.96. The van der Waals surface area contributed by atoms with E-state index >= 15 is 0 Å². The van der Waals surface area contributed by atoms with Crippen LogP contribution in [0.5, 0.6) is 5.75 Å². The minimum atomic E-state index is -1.19. The number of aromatic hydroxyl groups is 1. The maximum atomic E-state index is 14.1. The Kier molecular flexibility index (Phi) is 6.21. The fraction of sp³-hybridized carbons (Fsp3) is 0.231. The summed E-state index contributed by atoms with van der Waals surface area (Å²) >= 11 is 9.86. The van der Waals surface area contributed by atoms with Gasteiger partial charge >= 0.3 is 5.97 Å². The van der Waals surface area contributed by atoms with Gasteiger partial charge in [-0.15, -0.1) is 0 Å². The zero-order chi connectivity index (χ0) is 24.9. The maximum Gasteiger partial charge on any atom is 0.313 e. The number of fused-ring (bicyclic) bond motifs is 1. The topological polar surface area (TPSA) is 77.8 Å². The van der Waals surface area contributed by atoms with E-state index in [2.05, 4.69) is 15.9 Å². The van der Waals surface area contributed by atoms with Gasteiger partial charge in [-0.05, 0) is 74.4 Å². The Morgan fingerprint density at radius 3 is 2.38 bits per heavy atom. The molecule has 0 bridgehead atoms. The SMILES string of the molecule is CC(C)(C)c1ccc(N2C(=O)c3cc(F)ccc3[C@H](C(=O)O)[C@H]2c2ccc(O)c(Br)c2)cc1Cl. The van der Waals surface area contributed by atoms with Crippen molar-refractivity contribution < 1.29 is 24.2 Å². The Labute approximate surface area is 209 Å². The molecule has 0 aromatic heterocycles. The Balaban J connectivity index is 2.00. The fourth-order valence-corrected chi connectivity index (χ4v) is 5.27. The van der Waals surface area contributed by atoms with Gasteiger partial charge in [-0.1, -0.05) is 50.6 Å². The Morgan fingerprint density at radius 1 is 1.09 bits per heavy atom. The second-order valence-corrected chi connectivity index (χ2v) is 10.6. The lowest BCUT2D eigenvalue weighted by Gasteiger charge is -2.41. The Morgan fingerprint density at radius 2 is 1.79 bits per heavy atom. The summed E-state index contributed by atoms with van der Waals surface area (Å²) in [7, 11) is 0. The van der Waals surface area contributed by atoms with Crippen molar-refractivity contribution in [3.63, 3.8) is 0 Å². The number of hydrogen-bond acceptors (Lipinski definition) is 3. The van der Waals surface area contributed by atoms with Crippen molar-refractivity contribution in [2.24, 2.45) is 0 Å². The number of benzene rings is 3. The third-order valence-electron chi connectivity index (χ3n) is 6.01. The number of aliphatic carboxylic acids is 1. The van der Waals surface area contributed by atoms with Crippen LogP contribution in [0, 0.1) is 5.82 Å². The van der Waals surface area contributed by atoms with Gasteiger partial charge in [-0.2, -0.15) is 0 Å². The first-order valence-electron chi connectivity index (χ1n) is 10.5. The van der Waals surface area contributed by atoms with E-state index in [1.54, 1.807) is 24.3 Å². The summed E-state index contributed by atoms with van der Waals surface area (Å²) in [5.41, 5.74) is 1.70. The van der Waals surface area contributed by atoms with Gasteiger partial charge in [0.15, 0.2) is 0 Å². The first kappa shape index (κ1) is 24.2. The molecule has 2 N–H and O–H groups in total. The standard InChI is InChI=1S/C26H22BrClFNO4/c1-26(2,3)18-8-6-15(12-20(18)28)30-23(13-4-9-21(31)19(27)10-13)22(25(33)34)16-7-5-14(29)11-17(16)24(30)32/h4-12,22-23,31H,1-3H3,(H,33,34)/t22-,23+/m0/s1. The van der Waals surface area contributed by atoms with Gasteiger partial charge < -0.3 is 10.2 Å². The molecule has 0 spiro atoms. The molecule has 0 unspecified atom stereocenters. The first-order valence-corrected chi connectivity index (χ1v) is 11.7. The van der Waals surface area contributed by atoms with Crippen molar-refractivity contribution in [1.29, 1.82) is 0 Å². The fourth-order valence-electron chi connectivity index (χ4n) is 4.42. The highest BCUT2D eigenvalue weighted by atomic mass is 79.9. The van der Waals surface area contributed by atoms with E-state index in [-0.39, 0.29) is 22.3 Å². The van der Waals surface area contributed by atoms with E-state index in [1.165, 1.54) is 17.0 Å². The zero-order valence-electron chi connectivity index (χ0n) is 18.6. The highest BCUT2D eigenvalue weighted by Crippen LogP contribution is 2.47. The second-order valence-electron chi connectivity index (χ2n) is 9.29. The molecule has 176 valence electrons. The Bertz CT molecular complexity index is 1320. The molecule has 1 heterocycles. The molecular weight excluding hydrogens is 525 g/mol. The van der Waals surface area contributed by atoms with Gasteiger partial charge in [0.05, 0.1) is 10.5 Å². The van der Waals surface area contributed by atoms with Crippen LogP contribution in [0.1, 0.15) is 59.8 Å². The van der Waals surface area contributed by atoms with Crippen LogP contribution in [0.15, 0.2) is 59.1 Å². The summed E-state index contributed by atoms with van der Waals surface area (Å²) in [6, 6.07) is 12.3. The minimum absolute atomic E-state index is 0.0162. The number of phenols is 1. The van der Waals surface area contributed by atoms with Gasteiger partial charge in [-0.3, -0.25) is 14.5 Å². The van der Waals surface area contributed by atoms with Gasteiger partial charge in [0.25, 0.3) is 5.91 Å². The molecule has 3 aromatic carbocycles. The lowest BCUT2D eigenvalue weighted by molar-refractivity contribution is -0.139. The van der Waals surface area contributed by atoms with Crippen LogP contribution in [0.3, 0.4) is 0 Å². The smallest absolute Gasteiger partial charge is 0.313 e. The van der Waals surface area contributed by atoms with E-state index in [0.29, 0.717) is 20.7 Å². The third kappa shape index (κ3) is 4.18.